The van der Waals surface area contributed by atoms with E-state index in [0.29, 0.717) is 27.4 Å². The first kappa shape index (κ1) is 26.9. The maximum atomic E-state index is 12.5. The van der Waals surface area contributed by atoms with E-state index in [2.05, 4.69) is 57.0 Å². The highest BCUT2D eigenvalue weighted by Gasteiger charge is 2.13. The van der Waals surface area contributed by atoms with E-state index >= 15 is 0 Å². The molecule has 1 amide bonds. The average Bonchev–Trinajstić information content (AvgIpc) is 3.63. The van der Waals surface area contributed by atoms with Gasteiger partial charge in [-0.25, -0.2) is 5.43 Å². The molecular weight excluding hydrogens is 602 g/mol. The molecule has 0 atom stereocenters. The quantitative estimate of drug-likeness (QED) is 0.132. The molecule has 10 heteroatoms. The van der Waals surface area contributed by atoms with E-state index in [4.69, 9.17) is 25.2 Å². The Balaban J connectivity index is 1.13. The van der Waals surface area contributed by atoms with Crippen LogP contribution in [0, 0.1) is 13.8 Å². The number of hydrogen-bond acceptors (Lipinski definition) is 6. The number of rotatable bonds is 9. The molecule has 3 aromatic heterocycles. The summed E-state index contributed by atoms with van der Waals surface area (Å²) in [5.41, 5.74) is 5.85. The molecule has 0 aliphatic carbocycles. The van der Waals surface area contributed by atoms with Crippen LogP contribution in [0.5, 0.6) is 5.75 Å². The third kappa shape index (κ3) is 6.68. The minimum absolute atomic E-state index is 0.124. The van der Waals surface area contributed by atoms with Gasteiger partial charge in [0.1, 0.15) is 23.9 Å². The Hall–Kier alpha value is -3.66. The van der Waals surface area contributed by atoms with Gasteiger partial charge in [0, 0.05) is 33.1 Å². The topological polar surface area (TPSA) is 81.9 Å². The fourth-order valence-corrected chi connectivity index (χ4v) is 5.28. The van der Waals surface area contributed by atoms with E-state index in [1.54, 1.807) is 18.2 Å². The maximum absolute atomic E-state index is 12.5. The normalized spacial score (nSPS) is 11.3. The second kappa shape index (κ2) is 12.0. The van der Waals surface area contributed by atoms with Crippen LogP contribution in [0.3, 0.4) is 0 Å². The summed E-state index contributed by atoms with van der Waals surface area (Å²) in [7, 11) is 0. The van der Waals surface area contributed by atoms with Crippen LogP contribution >= 0.6 is 39.3 Å². The van der Waals surface area contributed by atoms with Gasteiger partial charge in [0.15, 0.2) is 10.9 Å². The molecule has 1 N–H and O–H groups in total. The molecule has 0 unspecified atom stereocenters. The second-order valence-corrected chi connectivity index (χ2v) is 10.9. The number of hydrogen-bond donors (Lipinski definition) is 1. The van der Waals surface area contributed by atoms with Gasteiger partial charge in [-0.1, -0.05) is 23.4 Å². The van der Waals surface area contributed by atoms with Crippen molar-refractivity contribution in [2.24, 2.45) is 5.10 Å². The Labute approximate surface area is 242 Å². The van der Waals surface area contributed by atoms with Crippen LogP contribution in [0.4, 0.5) is 0 Å². The minimum atomic E-state index is -0.485. The van der Waals surface area contributed by atoms with Crippen LogP contribution in [0.1, 0.15) is 33.5 Å². The highest BCUT2D eigenvalue weighted by Crippen LogP contribution is 2.36. The first-order chi connectivity index (χ1) is 18.9. The van der Waals surface area contributed by atoms with Crippen molar-refractivity contribution in [1.29, 1.82) is 0 Å². The molecule has 2 aromatic carbocycles. The van der Waals surface area contributed by atoms with Crippen LogP contribution in [0.15, 0.2) is 107 Å². The summed E-state index contributed by atoms with van der Waals surface area (Å²) in [5, 5.41) is 5.30. The molecular formula is C29H23BrClN3O4S. The Kier molecular flexibility index (Phi) is 8.30. The number of furan rings is 2. The van der Waals surface area contributed by atoms with Gasteiger partial charge >= 0.3 is 5.91 Å². The van der Waals surface area contributed by atoms with Gasteiger partial charge in [0.25, 0.3) is 0 Å². The third-order valence-electron chi connectivity index (χ3n) is 5.69. The lowest BCUT2D eigenvalue weighted by atomic mass is 10.3. The Morgan fingerprint density at radius 2 is 1.74 bits per heavy atom. The van der Waals surface area contributed by atoms with E-state index in [1.807, 2.05) is 48.5 Å². The van der Waals surface area contributed by atoms with Crippen molar-refractivity contribution in [1.82, 2.24) is 9.99 Å². The number of nitrogens with zero attached hydrogens (tertiary/aromatic N) is 2. The monoisotopic (exact) mass is 623 g/mol. The Morgan fingerprint density at radius 3 is 2.46 bits per heavy atom. The summed E-state index contributed by atoms with van der Waals surface area (Å²) >= 11 is 10.9. The molecule has 0 saturated heterocycles. The van der Waals surface area contributed by atoms with Crippen molar-refractivity contribution in [3.8, 4) is 11.4 Å². The summed E-state index contributed by atoms with van der Waals surface area (Å²) in [4.78, 5) is 13.4. The van der Waals surface area contributed by atoms with E-state index in [1.165, 1.54) is 29.4 Å². The summed E-state index contributed by atoms with van der Waals surface area (Å²) in [6.45, 7) is 4.33. The molecule has 39 heavy (non-hydrogen) atoms. The minimum Gasteiger partial charge on any atom is -0.486 e. The molecule has 0 spiro atoms. The number of hydrazone groups is 1. The van der Waals surface area contributed by atoms with Gasteiger partial charge in [-0.2, -0.15) is 5.10 Å². The number of carbonyl (C=O) groups excluding carboxylic acids is 1. The lowest BCUT2D eigenvalue weighted by Crippen LogP contribution is -2.16. The molecule has 7 nitrogen and oxygen atoms in total. The standard InChI is InChI=1S/C29H23BrClN3O4S/c1-18-3-4-19(2)34(18)21-7-9-22(10-8-21)36-17-23-11-14-27(37-23)28(35)33-32-16-24-15-26(30)29(38-24)39-25-12-5-20(31)6-13-25/h3-16H,17H2,1-2H3,(H,33,35)/b32-16+. The number of benzene rings is 2. The number of ether oxygens (including phenoxy) is 1. The van der Waals surface area contributed by atoms with Gasteiger partial charge < -0.3 is 18.1 Å². The molecule has 0 aliphatic rings. The zero-order valence-electron chi connectivity index (χ0n) is 21.0. The van der Waals surface area contributed by atoms with E-state index in [9.17, 15) is 4.79 Å². The van der Waals surface area contributed by atoms with Crippen molar-refractivity contribution in [3.63, 3.8) is 0 Å². The number of amides is 1. The lowest BCUT2D eigenvalue weighted by Gasteiger charge is -2.10. The summed E-state index contributed by atoms with van der Waals surface area (Å²) < 4.78 is 20.2. The van der Waals surface area contributed by atoms with Crippen LogP contribution in [-0.4, -0.2) is 16.7 Å². The van der Waals surface area contributed by atoms with E-state index in [-0.39, 0.29) is 12.4 Å². The molecule has 3 heterocycles. The molecule has 0 fully saturated rings. The van der Waals surface area contributed by atoms with Gasteiger partial charge in [0.2, 0.25) is 0 Å². The van der Waals surface area contributed by atoms with E-state index < -0.39 is 5.91 Å². The van der Waals surface area contributed by atoms with Gasteiger partial charge in [-0.3, -0.25) is 4.79 Å². The zero-order chi connectivity index (χ0) is 27.4. The first-order valence-corrected chi connectivity index (χ1v) is 13.9. The van der Waals surface area contributed by atoms with E-state index in [0.717, 1.165) is 15.1 Å². The molecule has 5 aromatic rings. The van der Waals surface area contributed by atoms with Gasteiger partial charge in [-0.05, 0) is 103 Å². The Morgan fingerprint density at radius 1 is 1.03 bits per heavy atom. The Bertz CT molecular complexity index is 1600. The number of aromatic nitrogens is 1. The number of nitrogens with one attached hydrogen (secondary N) is 1. The SMILES string of the molecule is Cc1ccc(C)n1-c1ccc(OCc2ccc(C(=O)N/N=C/c3cc(Br)c(Sc4ccc(Cl)cc4)o3)o2)cc1. The summed E-state index contributed by atoms with van der Waals surface area (Å²) in [6, 6.07) is 24.5. The number of carbonyl (C=O) groups is 1. The molecule has 198 valence electrons. The van der Waals surface area contributed by atoms with Crippen molar-refractivity contribution in [2.45, 2.75) is 30.4 Å². The smallest absolute Gasteiger partial charge is 0.307 e. The van der Waals surface area contributed by atoms with Crippen molar-refractivity contribution >= 4 is 51.4 Å². The van der Waals surface area contributed by atoms with Gasteiger partial charge in [-0.15, -0.1) is 0 Å². The van der Waals surface area contributed by atoms with Crippen LogP contribution in [0.25, 0.3) is 5.69 Å². The number of aryl methyl sites for hydroxylation is 2. The summed E-state index contributed by atoms with van der Waals surface area (Å²) in [6.07, 6.45) is 1.42. The van der Waals surface area contributed by atoms with Crippen LogP contribution < -0.4 is 10.2 Å². The predicted octanol–water partition coefficient (Wildman–Crippen LogP) is 8.19. The average molecular weight is 625 g/mol. The van der Waals surface area contributed by atoms with Crippen molar-refractivity contribution in [3.05, 3.63) is 117 Å². The van der Waals surface area contributed by atoms with Crippen molar-refractivity contribution in [2.75, 3.05) is 0 Å². The fraction of sp³-hybridized carbons (Fsp3) is 0.103. The lowest BCUT2D eigenvalue weighted by molar-refractivity contribution is 0.0923. The van der Waals surface area contributed by atoms with Gasteiger partial charge in [0.05, 0.1) is 10.7 Å². The molecule has 0 aliphatic heterocycles. The molecule has 0 saturated carbocycles. The van der Waals surface area contributed by atoms with Crippen LogP contribution in [0.2, 0.25) is 5.02 Å². The molecule has 0 radical (unpaired) electrons. The second-order valence-electron chi connectivity index (χ2n) is 8.54. The number of halogens is 2. The molecule has 5 rings (SSSR count). The predicted molar refractivity (Wildman–Crippen MR) is 155 cm³/mol. The first-order valence-electron chi connectivity index (χ1n) is 11.9. The fourth-order valence-electron chi connectivity index (χ4n) is 3.82. The van der Waals surface area contributed by atoms with Crippen molar-refractivity contribution < 1.29 is 18.4 Å². The maximum Gasteiger partial charge on any atom is 0.307 e. The zero-order valence-corrected chi connectivity index (χ0v) is 24.1. The highest BCUT2D eigenvalue weighted by molar-refractivity contribution is 9.10. The largest absolute Gasteiger partial charge is 0.486 e. The van der Waals surface area contributed by atoms with Crippen LogP contribution in [-0.2, 0) is 6.61 Å². The highest BCUT2D eigenvalue weighted by atomic mass is 79.9. The molecule has 0 bridgehead atoms. The third-order valence-corrected chi connectivity index (χ3v) is 7.79. The summed E-state index contributed by atoms with van der Waals surface area (Å²) in [5.74, 6) is 1.33.